The van der Waals surface area contributed by atoms with Crippen LogP contribution in [0.2, 0.25) is 0 Å². The molecule has 0 heterocycles. The van der Waals surface area contributed by atoms with E-state index in [2.05, 4.69) is 13.8 Å². The summed E-state index contributed by atoms with van der Waals surface area (Å²) < 4.78 is 0. The lowest BCUT2D eigenvalue weighted by Gasteiger charge is -2.35. The highest BCUT2D eigenvalue weighted by molar-refractivity contribution is 5.74. The number of hydrogen-bond donors (Lipinski definition) is 1. The standard InChI is InChI=1S/C20H40O2/c1-5-9-10-11-12-13-14-15-16-17-18(6-2)20(7-3,8-4)19(21)22/h18H,5-17H2,1-4H3,(H,21,22). The topological polar surface area (TPSA) is 37.3 Å². The molecule has 0 aromatic heterocycles. The molecular formula is C20H40O2. The fraction of sp³-hybridized carbons (Fsp3) is 0.950. The summed E-state index contributed by atoms with van der Waals surface area (Å²) in [5.74, 6) is -0.246. The molecule has 0 rings (SSSR count). The van der Waals surface area contributed by atoms with Crippen molar-refractivity contribution in [2.75, 3.05) is 0 Å². The molecule has 1 unspecified atom stereocenters. The average Bonchev–Trinajstić information content (AvgIpc) is 2.52. The Balaban J connectivity index is 3.97. The van der Waals surface area contributed by atoms with E-state index in [1.165, 1.54) is 57.8 Å². The summed E-state index contributed by atoms with van der Waals surface area (Å²) >= 11 is 0. The van der Waals surface area contributed by atoms with E-state index >= 15 is 0 Å². The molecule has 0 aliphatic heterocycles. The van der Waals surface area contributed by atoms with Crippen LogP contribution in [0.4, 0.5) is 0 Å². The highest BCUT2D eigenvalue weighted by Crippen LogP contribution is 2.40. The van der Waals surface area contributed by atoms with Gasteiger partial charge in [0.15, 0.2) is 0 Å². The van der Waals surface area contributed by atoms with Gasteiger partial charge in [0.1, 0.15) is 0 Å². The summed E-state index contributed by atoms with van der Waals surface area (Å²) in [5, 5.41) is 9.67. The predicted octanol–water partition coefficient (Wildman–Crippen LogP) is 6.82. The number of carbonyl (C=O) groups is 1. The van der Waals surface area contributed by atoms with Gasteiger partial charge in [-0.25, -0.2) is 0 Å². The molecule has 0 saturated carbocycles. The van der Waals surface area contributed by atoms with Crippen LogP contribution < -0.4 is 0 Å². The maximum atomic E-state index is 11.7. The minimum atomic E-state index is -0.583. The minimum absolute atomic E-state index is 0.338. The zero-order chi connectivity index (χ0) is 16.8. The van der Waals surface area contributed by atoms with Crippen molar-refractivity contribution in [2.24, 2.45) is 11.3 Å². The van der Waals surface area contributed by atoms with Crippen molar-refractivity contribution in [3.8, 4) is 0 Å². The second kappa shape index (κ2) is 13.0. The molecule has 0 aliphatic rings. The van der Waals surface area contributed by atoms with Crippen LogP contribution in [0.3, 0.4) is 0 Å². The molecule has 0 aromatic rings. The molecule has 132 valence electrons. The van der Waals surface area contributed by atoms with E-state index in [4.69, 9.17) is 0 Å². The van der Waals surface area contributed by atoms with Crippen LogP contribution in [-0.2, 0) is 4.79 Å². The molecule has 0 radical (unpaired) electrons. The maximum absolute atomic E-state index is 11.7. The van der Waals surface area contributed by atoms with Gasteiger partial charge in [0.2, 0.25) is 0 Å². The summed E-state index contributed by atoms with van der Waals surface area (Å²) in [6.45, 7) is 8.49. The molecule has 0 spiro atoms. The van der Waals surface area contributed by atoms with Crippen molar-refractivity contribution in [3.05, 3.63) is 0 Å². The highest BCUT2D eigenvalue weighted by atomic mass is 16.4. The Bertz CT molecular complexity index is 269. The SMILES string of the molecule is CCCCCCCCCCCC(CC)C(CC)(CC)C(=O)O. The minimum Gasteiger partial charge on any atom is -0.481 e. The van der Waals surface area contributed by atoms with E-state index in [9.17, 15) is 9.90 Å². The van der Waals surface area contributed by atoms with Crippen LogP contribution >= 0.6 is 0 Å². The van der Waals surface area contributed by atoms with Crippen LogP contribution in [0.15, 0.2) is 0 Å². The highest BCUT2D eigenvalue weighted by Gasteiger charge is 2.41. The Hall–Kier alpha value is -0.530. The monoisotopic (exact) mass is 312 g/mol. The summed E-state index contributed by atoms with van der Waals surface area (Å²) in [6.07, 6.45) is 15.6. The third-order valence-electron chi connectivity index (χ3n) is 5.62. The van der Waals surface area contributed by atoms with Crippen LogP contribution in [0.1, 0.15) is 111 Å². The van der Waals surface area contributed by atoms with Gasteiger partial charge in [-0.05, 0) is 25.2 Å². The molecule has 1 atom stereocenters. The van der Waals surface area contributed by atoms with Crippen molar-refractivity contribution in [2.45, 2.75) is 111 Å². The first-order chi connectivity index (χ1) is 10.6. The second-order valence-electron chi connectivity index (χ2n) is 6.89. The molecule has 0 amide bonds. The normalized spacial score (nSPS) is 13.3. The van der Waals surface area contributed by atoms with Crippen molar-refractivity contribution in [3.63, 3.8) is 0 Å². The van der Waals surface area contributed by atoms with E-state index in [-0.39, 0.29) is 0 Å². The third-order valence-corrected chi connectivity index (χ3v) is 5.62. The lowest BCUT2D eigenvalue weighted by Crippen LogP contribution is -2.37. The average molecular weight is 313 g/mol. The maximum Gasteiger partial charge on any atom is 0.309 e. The smallest absolute Gasteiger partial charge is 0.309 e. The van der Waals surface area contributed by atoms with E-state index in [0.717, 1.165) is 25.7 Å². The molecule has 22 heavy (non-hydrogen) atoms. The quantitative estimate of drug-likeness (QED) is 0.337. The Labute approximate surface area is 139 Å². The van der Waals surface area contributed by atoms with E-state index in [1.807, 2.05) is 13.8 Å². The first kappa shape index (κ1) is 21.5. The zero-order valence-corrected chi connectivity index (χ0v) is 15.6. The van der Waals surface area contributed by atoms with Gasteiger partial charge in [-0.3, -0.25) is 4.79 Å². The number of hydrogen-bond acceptors (Lipinski definition) is 1. The Kier molecular flexibility index (Phi) is 12.6. The zero-order valence-electron chi connectivity index (χ0n) is 15.6. The van der Waals surface area contributed by atoms with E-state index in [1.54, 1.807) is 0 Å². The van der Waals surface area contributed by atoms with Gasteiger partial charge in [-0.1, -0.05) is 91.9 Å². The van der Waals surface area contributed by atoms with Gasteiger partial charge >= 0.3 is 5.97 Å². The van der Waals surface area contributed by atoms with E-state index in [0.29, 0.717) is 5.92 Å². The van der Waals surface area contributed by atoms with Crippen molar-refractivity contribution < 1.29 is 9.90 Å². The molecule has 2 nitrogen and oxygen atoms in total. The van der Waals surface area contributed by atoms with Gasteiger partial charge < -0.3 is 5.11 Å². The number of unbranched alkanes of at least 4 members (excludes halogenated alkanes) is 8. The number of carboxylic acid groups (broad SMARTS) is 1. The third kappa shape index (κ3) is 7.15. The van der Waals surface area contributed by atoms with Crippen molar-refractivity contribution >= 4 is 5.97 Å². The molecule has 0 aliphatic carbocycles. The number of aliphatic carboxylic acids is 1. The van der Waals surface area contributed by atoms with E-state index < -0.39 is 11.4 Å². The van der Waals surface area contributed by atoms with Gasteiger partial charge in [0, 0.05) is 0 Å². The largest absolute Gasteiger partial charge is 0.481 e. The molecule has 2 heteroatoms. The van der Waals surface area contributed by atoms with Gasteiger partial charge in [-0.15, -0.1) is 0 Å². The van der Waals surface area contributed by atoms with Crippen LogP contribution in [-0.4, -0.2) is 11.1 Å². The lowest BCUT2D eigenvalue weighted by atomic mass is 9.68. The van der Waals surface area contributed by atoms with Crippen LogP contribution in [0.25, 0.3) is 0 Å². The summed E-state index contributed by atoms with van der Waals surface area (Å²) in [4.78, 5) is 11.7. The van der Waals surface area contributed by atoms with Gasteiger partial charge in [0.25, 0.3) is 0 Å². The molecular weight excluding hydrogens is 272 g/mol. The first-order valence-electron chi connectivity index (χ1n) is 9.82. The summed E-state index contributed by atoms with van der Waals surface area (Å²) in [5.41, 5.74) is -0.491. The van der Waals surface area contributed by atoms with Gasteiger partial charge in [0.05, 0.1) is 5.41 Å². The first-order valence-corrected chi connectivity index (χ1v) is 9.82. The Morgan fingerprint density at radius 2 is 1.27 bits per heavy atom. The van der Waals surface area contributed by atoms with Crippen molar-refractivity contribution in [1.82, 2.24) is 0 Å². The summed E-state index contributed by atoms with van der Waals surface area (Å²) in [6, 6.07) is 0. The lowest BCUT2D eigenvalue weighted by molar-refractivity contribution is -0.153. The predicted molar refractivity (Wildman–Crippen MR) is 96.3 cm³/mol. The molecule has 1 N–H and O–H groups in total. The fourth-order valence-corrected chi connectivity index (χ4v) is 3.88. The summed E-state index contributed by atoms with van der Waals surface area (Å²) in [7, 11) is 0. The van der Waals surface area contributed by atoms with Gasteiger partial charge in [-0.2, -0.15) is 0 Å². The second-order valence-corrected chi connectivity index (χ2v) is 6.89. The van der Waals surface area contributed by atoms with Crippen molar-refractivity contribution in [1.29, 1.82) is 0 Å². The molecule has 0 aromatic carbocycles. The van der Waals surface area contributed by atoms with Crippen LogP contribution in [0.5, 0.6) is 0 Å². The Morgan fingerprint density at radius 3 is 1.64 bits per heavy atom. The fourth-order valence-electron chi connectivity index (χ4n) is 3.88. The number of carboxylic acids is 1. The molecule has 0 saturated heterocycles. The number of rotatable bonds is 15. The molecule has 0 bridgehead atoms. The Morgan fingerprint density at radius 1 is 0.818 bits per heavy atom. The van der Waals surface area contributed by atoms with Crippen LogP contribution in [0, 0.1) is 11.3 Å². The molecule has 0 fully saturated rings.